The van der Waals surface area contributed by atoms with Crippen molar-refractivity contribution in [1.82, 2.24) is 15.3 Å². The molecule has 0 saturated carbocycles. The molecule has 2 aromatic rings. The first-order valence-electron chi connectivity index (χ1n) is 6.47. The highest BCUT2D eigenvalue weighted by Gasteiger charge is 2.12. The fraction of sp³-hybridized carbons (Fsp3) is 0.538. The lowest BCUT2D eigenvalue weighted by Gasteiger charge is -2.14. The van der Waals surface area contributed by atoms with Gasteiger partial charge in [-0.05, 0) is 19.9 Å². The van der Waals surface area contributed by atoms with Crippen molar-refractivity contribution in [1.29, 1.82) is 0 Å². The summed E-state index contributed by atoms with van der Waals surface area (Å²) < 4.78 is 0. The zero-order valence-corrected chi connectivity index (χ0v) is 13.2. The third-order valence-electron chi connectivity index (χ3n) is 2.86. The van der Waals surface area contributed by atoms with Gasteiger partial charge < -0.3 is 10.2 Å². The third-order valence-corrected chi connectivity index (χ3v) is 4.47. The fourth-order valence-electron chi connectivity index (χ4n) is 1.74. The molecule has 0 aromatic carbocycles. The summed E-state index contributed by atoms with van der Waals surface area (Å²) in [6.07, 6.45) is 1.14. The Hall–Kier alpha value is -0.980. The molecule has 1 atom stereocenters. The minimum atomic E-state index is 0.317. The summed E-state index contributed by atoms with van der Waals surface area (Å²) in [7, 11) is 2.06. The van der Waals surface area contributed by atoms with E-state index in [1.807, 2.05) is 5.51 Å². The standard InChI is InChI=1S/C13H20N4S2/c1-4-5-14-10(2)12-8-19-13(16-12)17(3)6-11-7-18-9-15-11/h7-10,14H,4-6H2,1-3H3. The van der Waals surface area contributed by atoms with Crippen molar-refractivity contribution in [3.63, 3.8) is 0 Å². The average molecular weight is 296 g/mol. The molecule has 6 heteroatoms. The summed E-state index contributed by atoms with van der Waals surface area (Å²) in [5.74, 6) is 0. The van der Waals surface area contributed by atoms with Crippen LogP contribution >= 0.6 is 22.7 Å². The van der Waals surface area contributed by atoms with Crippen LogP contribution in [0.3, 0.4) is 0 Å². The molecule has 0 aliphatic rings. The van der Waals surface area contributed by atoms with Gasteiger partial charge in [-0.1, -0.05) is 6.92 Å². The maximum Gasteiger partial charge on any atom is 0.185 e. The lowest BCUT2D eigenvalue weighted by molar-refractivity contribution is 0.560. The van der Waals surface area contributed by atoms with Gasteiger partial charge in [0, 0.05) is 23.8 Å². The summed E-state index contributed by atoms with van der Waals surface area (Å²) in [6, 6.07) is 0.317. The first-order chi connectivity index (χ1) is 9.20. The van der Waals surface area contributed by atoms with Gasteiger partial charge in [0.2, 0.25) is 0 Å². The number of rotatable bonds is 7. The maximum atomic E-state index is 4.70. The van der Waals surface area contributed by atoms with E-state index in [0.29, 0.717) is 6.04 Å². The Morgan fingerprint density at radius 3 is 2.95 bits per heavy atom. The number of nitrogens with one attached hydrogen (secondary N) is 1. The molecule has 19 heavy (non-hydrogen) atoms. The van der Waals surface area contributed by atoms with Gasteiger partial charge in [0.05, 0.1) is 23.4 Å². The topological polar surface area (TPSA) is 41.0 Å². The van der Waals surface area contributed by atoms with Gasteiger partial charge >= 0.3 is 0 Å². The van der Waals surface area contributed by atoms with Crippen molar-refractivity contribution in [3.8, 4) is 0 Å². The number of aromatic nitrogens is 2. The zero-order valence-electron chi connectivity index (χ0n) is 11.6. The smallest absolute Gasteiger partial charge is 0.185 e. The fourth-order valence-corrected chi connectivity index (χ4v) is 3.18. The van der Waals surface area contributed by atoms with Crippen LogP contribution in [0.5, 0.6) is 0 Å². The molecule has 0 bridgehead atoms. The van der Waals surface area contributed by atoms with Crippen molar-refractivity contribution in [2.45, 2.75) is 32.9 Å². The van der Waals surface area contributed by atoms with Gasteiger partial charge in [0.25, 0.3) is 0 Å². The molecule has 2 heterocycles. The second-order valence-corrected chi connectivity index (χ2v) is 6.12. The van der Waals surface area contributed by atoms with E-state index in [0.717, 1.165) is 36.0 Å². The van der Waals surface area contributed by atoms with Crippen LogP contribution < -0.4 is 10.2 Å². The van der Waals surface area contributed by atoms with Gasteiger partial charge in [-0.15, -0.1) is 22.7 Å². The minimum Gasteiger partial charge on any atom is -0.345 e. The molecule has 4 nitrogen and oxygen atoms in total. The molecule has 2 aromatic heterocycles. The first-order valence-corrected chi connectivity index (χ1v) is 8.30. The number of anilines is 1. The van der Waals surface area contributed by atoms with Crippen molar-refractivity contribution >= 4 is 27.8 Å². The van der Waals surface area contributed by atoms with Crippen LogP contribution in [0.2, 0.25) is 0 Å². The third kappa shape index (κ3) is 3.99. The van der Waals surface area contributed by atoms with Gasteiger partial charge in [0.1, 0.15) is 0 Å². The average Bonchev–Trinajstić information content (AvgIpc) is 3.06. The Balaban J connectivity index is 1.96. The Bertz CT molecular complexity index is 481. The Labute approximate surface area is 122 Å². The molecule has 0 saturated heterocycles. The molecule has 1 unspecified atom stereocenters. The van der Waals surface area contributed by atoms with E-state index in [4.69, 9.17) is 4.98 Å². The quantitative estimate of drug-likeness (QED) is 0.851. The highest BCUT2D eigenvalue weighted by atomic mass is 32.1. The lowest BCUT2D eigenvalue weighted by atomic mass is 10.2. The van der Waals surface area contributed by atoms with Gasteiger partial charge in [0.15, 0.2) is 5.13 Å². The van der Waals surface area contributed by atoms with Crippen LogP contribution in [-0.2, 0) is 6.54 Å². The van der Waals surface area contributed by atoms with Crippen molar-refractivity contribution < 1.29 is 0 Å². The molecule has 0 amide bonds. The van der Waals surface area contributed by atoms with Crippen LogP contribution in [0.1, 0.15) is 37.7 Å². The van der Waals surface area contributed by atoms with Crippen molar-refractivity contribution in [2.75, 3.05) is 18.5 Å². The molecular formula is C13H20N4S2. The largest absolute Gasteiger partial charge is 0.345 e. The van der Waals surface area contributed by atoms with Gasteiger partial charge in [-0.3, -0.25) is 0 Å². The predicted molar refractivity (Wildman–Crippen MR) is 83.0 cm³/mol. The van der Waals surface area contributed by atoms with E-state index >= 15 is 0 Å². The summed E-state index contributed by atoms with van der Waals surface area (Å²) in [5.41, 5.74) is 4.09. The van der Waals surface area contributed by atoms with Crippen LogP contribution in [0.15, 0.2) is 16.3 Å². The summed E-state index contributed by atoms with van der Waals surface area (Å²) >= 11 is 3.32. The number of thiazole rings is 2. The molecule has 0 aliphatic heterocycles. The summed E-state index contributed by atoms with van der Waals surface area (Å²) in [6.45, 7) is 6.18. The second kappa shape index (κ2) is 6.98. The molecule has 0 spiro atoms. The van der Waals surface area contributed by atoms with Crippen LogP contribution in [0.4, 0.5) is 5.13 Å². The van der Waals surface area contributed by atoms with Crippen molar-refractivity contribution in [2.24, 2.45) is 0 Å². The highest BCUT2D eigenvalue weighted by molar-refractivity contribution is 7.13. The zero-order chi connectivity index (χ0) is 13.7. The van der Waals surface area contributed by atoms with Gasteiger partial charge in [-0.2, -0.15) is 0 Å². The monoisotopic (exact) mass is 296 g/mol. The van der Waals surface area contributed by atoms with E-state index in [-0.39, 0.29) is 0 Å². The lowest BCUT2D eigenvalue weighted by Crippen LogP contribution is -2.20. The first kappa shape index (κ1) is 14.4. The molecular weight excluding hydrogens is 276 g/mol. The minimum absolute atomic E-state index is 0.317. The number of nitrogens with zero attached hydrogens (tertiary/aromatic N) is 3. The summed E-state index contributed by atoms with van der Waals surface area (Å²) in [4.78, 5) is 11.2. The van der Waals surface area contributed by atoms with E-state index in [9.17, 15) is 0 Å². The second-order valence-electron chi connectivity index (χ2n) is 4.57. The SMILES string of the molecule is CCCNC(C)c1csc(N(C)Cc2cscn2)n1. The van der Waals surface area contributed by atoms with Crippen molar-refractivity contribution in [3.05, 3.63) is 27.7 Å². The summed E-state index contributed by atoms with van der Waals surface area (Å²) in [5, 5.41) is 8.73. The van der Waals surface area contributed by atoms with Crippen LogP contribution in [-0.4, -0.2) is 23.6 Å². The van der Waals surface area contributed by atoms with Gasteiger partial charge in [-0.25, -0.2) is 9.97 Å². The Kier molecular flexibility index (Phi) is 5.30. The van der Waals surface area contributed by atoms with E-state index in [1.54, 1.807) is 22.7 Å². The molecule has 104 valence electrons. The maximum absolute atomic E-state index is 4.70. The Morgan fingerprint density at radius 1 is 1.42 bits per heavy atom. The molecule has 2 rings (SSSR count). The van der Waals surface area contributed by atoms with Crippen LogP contribution in [0, 0.1) is 0 Å². The van der Waals surface area contributed by atoms with E-state index in [2.05, 4.69) is 46.9 Å². The van der Waals surface area contributed by atoms with E-state index < -0.39 is 0 Å². The van der Waals surface area contributed by atoms with E-state index in [1.165, 1.54) is 0 Å². The van der Waals surface area contributed by atoms with Crippen LogP contribution in [0.25, 0.3) is 0 Å². The number of hydrogen-bond donors (Lipinski definition) is 1. The highest BCUT2D eigenvalue weighted by Crippen LogP contribution is 2.24. The predicted octanol–water partition coefficient (Wildman–Crippen LogP) is 3.30. The Morgan fingerprint density at radius 2 is 2.26 bits per heavy atom. The molecule has 1 N–H and O–H groups in total. The normalized spacial score (nSPS) is 12.6. The molecule has 0 fully saturated rings. The molecule has 0 aliphatic carbocycles. The number of hydrogen-bond acceptors (Lipinski definition) is 6. The molecule has 0 radical (unpaired) electrons.